The molecule has 3 rings (SSSR count). The van der Waals surface area contributed by atoms with Crippen LogP contribution in [0.5, 0.6) is 0 Å². The lowest BCUT2D eigenvalue weighted by atomic mass is 10.1. The van der Waals surface area contributed by atoms with Crippen molar-refractivity contribution in [1.29, 1.82) is 0 Å². The summed E-state index contributed by atoms with van der Waals surface area (Å²) >= 11 is 0. The zero-order valence-corrected chi connectivity index (χ0v) is 9.87. The highest BCUT2D eigenvalue weighted by Gasteiger charge is 2.18. The fourth-order valence-electron chi connectivity index (χ4n) is 2.19. The molecule has 0 bridgehead atoms. The number of aryl methyl sites for hydroxylation is 1. The van der Waals surface area contributed by atoms with Crippen molar-refractivity contribution in [3.05, 3.63) is 42.0 Å². The Hall–Kier alpha value is -1.75. The smallest absolute Gasteiger partial charge is 0.122 e. The molecule has 0 atom stereocenters. The predicted molar refractivity (Wildman–Crippen MR) is 63.1 cm³/mol. The van der Waals surface area contributed by atoms with Gasteiger partial charge in [-0.05, 0) is 12.0 Å². The van der Waals surface area contributed by atoms with Gasteiger partial charge in [-0.1, -0.05) is 0 Å². The Balaban J connectivity index is 1.74. The van der Waals surface area contributed by atoms with Crippen LogP contribution in [0.4, 0.5) is 0 Å². The van der Waals surface area contributed by atoms with Crippen LogP contribution in [0.2, 0.25) is 0 Å². The third-order valence-corrected chi connectivity index (χ3v) is 3.24. The van der Waals surface area contributed by atoms with Crippen molar-refractivity contribution in [1.82, 2.24) is 24.4 Å². The van der Waals surface area contributed by atoms with Gasteiger partial charge in [0.15, 0.2) is 0 Å². The van der Waals surface area contributed by atoms with Crippen molar-refractivity contribution < 1.29 is 0 Å². The summed E-state index contributed by atoms with van der Waals surface area (Å²) in [4.78, 5) is 15.1. The number of hydrogen-bond donors (Lipinski definition) is 0. The first-order valence-corrected chi connectivity index (χ1v) is 5.79. The quantitative estimate of drug-likeness (QED) is 0.763. The molecule has 0 spiro atoms. The van der Waals surface area contributed by atoms with Gasteiger partial charge in [-0.3, -0.25) is 4.90 Å². The molecule has 0 fully saturated rings. The number of fused-ring (bicyclic) bond motifs is 1. The predicted octanol–water partition coefficient (Wildman–Crippen LogP) is 0.768. The van der Waals surface area contributed by atoms with E-state index in [4.69, 9.17) is 0 Å². The normalized spacial score (nSPS) is 15.8. The second-order valence-electron chi connectivity index (χ2n) is 4.41. The van der Waals surface area contributed by atoms with Crippen molar-refractivity contribution in [3.63, 3.8) is 0 Å². The van der Waals surface area contributed by atoms with Gasteiger partial charge in [-0.2, -0.15) is 0 Å². The van der Waals surface area contributed by atoms with E-state index in [2.05, 4.69) is 24.4 Å². The topological polar surface area (TPSA) is 46.8 Å². The first kappa shape index (κ1) is 10.4. The molecule has 5 heteroatoms. The summed E-state index contributed by atoms with van der Waals surface area (Å²) in [6.45, 7) is 2.82. The Kier molecular flexibility index (Phi) is 2.60. The van der Waals surface area contributed by atoms with Crippen LogP contribution in [0.3, 0.4) is 0 Å². The number of imidazole rings is 1. The molecule has 88 valence electrons. The molecule has 5 nitrogen and oxygen atoms in total. The summed E-state index contributed by atoms with van der Waals surface area (Å²) in [7, 11) is 2.03. The van der Waals surface area contributed by atoms with Gasteiger partial charge >= 0.3 is 0 Å². The number of aromatic nitrogens is 4. The van der Waals surface area contributed by atoms with Gasteiger partial charge in [0.1, 0.15) is 12.2 Å². The van der Waals surface area contributed by atoms with Crippen LogP contribution in [0.15, 0.2) is 24.9 Å². The molecule has 0 unspecified atom stereocenters. The summed E-state index contributed by atoms with van der Waals surface area (Å²) in [6, 6.07) is 0. The highest BCUT2D eigenvalue weighted by molar-refractivity contribution is 5.18. The summed E-state index contributed by atoms with van der Waals surface area (Å²) in [5, 5.41) is 0. The van der Waals surface area contributed by atoms with Crippen LogP contribution in [-0.4, -0.2) is 31.0 Å². The van der Waals surface area contributed by atoms with E-state index in [1.54, 1.807) is 6.33 Å². The average Bonchev–Trinajstić information content (AvgIpc) is 2.75. The van der Waals surface area contributed by atoms with Gasteiger partial charge in [-0.25, -0.2) is 15.0 Å². The van der Waals surface area contributed by atoms with Crippen LogP contribution < -0.4 is 0 Å². The largest absolute Gasteiger partial charge is 0.337 e. The van der Waals surface area contributed by atoms with E-state index >= 15 is 0 Å². The second kappa shape index (κ2) is 4.25. The summed E-state index contributed by atoms with van der Waals surface area (Å²) in [5.74, 6) is 1.10. The van der Waals surface area contributed by atoms with Crippen LogP contribution in [-0.2, 0) is 26.6 Å². The SMILES string of the molecule is Cn1ccnc1CN1CCc2cncnc2C1. The third-order valence-electron chi connectivity index (χ3n) is 3.24. The molecule has 1 aliphatic rings. The van der Waals surface area contributed by atoms with E-state index in [9.17, 15) is 0 Å². The van der Waals surface area contributed by atoms with Gasteiger partial charge in [0, 0.05) is 38.7 Å². The van der Waals surface area contributed by atoms with E-state index in [0.29, 0.717) is 0 Å². The Morgan fingerprint density at radius 3 is 3.12 bits per heavy atom. The first-order valence-electron chi connectivity index (χ1n) is 5.79. The molecule has 0 aliphatic carbocycles. The molecular weight excluding hydrogens is 214 g/mol. The van der Waals surface area contributed by atoms with E-state index in [-0.39, 0.29) is 0 Å². The van der Waals surface area contributed by atoms with Gasteiger partial charge in [0.25, 0.3) is 0 Å². The first-order chi connectivity index (χ1) is 8.33. The Bertz CT molecular complexity index is 519. The van der Waals surface area contributed by atoms with Crippen molar-refractivity contribution in [2.45, 2.75) is 19.5 Å². The van der Waals surface area contributed by atoms with Gasteiger partial charge < -0.3 is 4.57 Å². The molecule has 2 aromatic heterocycles. The van der Waals surface area contributed by atoms with Crippen molar-refractivity contribution in [2.75, 3.05) is 6.54 Å². The maximum absolute atomic E-state index is 4.35. The molecule has 0 amide bonds. The van der Waals surface area contributed by atoms with Gasteiger partial charge in [0.2, 0.25) is 0 Å². The van der Waals surface area contributed by atoms with Gasteiger partial charge in [0.05, 0.1) is 12.2 Å². The van der Waals surface area contributed by atoms with Gasteiger partial charge in [-0.15, -0.1) is 0 Å². The monoisotopic (exact) mass is 229 g/mol. The molecule has 1 aliphatic heterocycles. The maximum atomic E-state index is 4.35. The second-order valence-corrected chi connectivity index (χ2v) is 4.41. The standard InChI is InChI=1S/C12H15N5/c1-16-5-3-14-12(16)8-17-4-2-10-6-13-9-15-11(10)7-17/h3,5-6,9H,2,4,7-8H2,1H3. The number of hydrogen-bond acceptors (Lipinski definition) is 4. The van der Waals surface area contributed by atoms with E-state index < -0.39 is 0 Å². The lowest BCUT2D eigenvalue weighted by molar-refractivity contribution is 0.233. The summed E-state index contributed by atoms with van der Waals surface area (Å²) < 4.78 is 2.06. The van der Waals surface area contributed by atoms with Crippen LogP contribution in [0.1, 0.15) is 17.1 Å². The fraction of sp³-hybridized carbons (Fsp3) is 0.417. The lowest BCUT2D eigenvalue weighted by Gasteiger charge is -2.27. The summed E-state index contributed by atoms with van der Waals surface area (Å²) in [6.07, 6.45) is 8.41. The van der Waals surface area contributed by atoms with Crippen molar-refractivity contribution >= 4 is 0 Å². The maximum Gasteiger partial charge on any atom is 0.122 e. The molecule has 2 aromatic rings. The highest BCUT2D eigenvalue weighted by Crippen LogP contribution is 2.16. The van der Waals surface area contributed by atoms with Crippen LogP contribution in [0.25, 0.3) is 0 Å². The fourth-order valence-corrected chi connectivity index (χ4v) is 2.19. The van der Waals surface area contributed by atoms with Crippen molar-refractivity contribution in [2.24, 2.45) is 7.05 Å². The third kappa shape index (κ3) is 2.06. The average molecular weight is 229 g/mol. The molecule has 0 saturated heterocycles. The van der Waals surface area contributed by atoms with Crippen molar-refractivity contribution in [3.8, 4) is 0 Å². The molecule has 0 radical (unpaired) electrons. The minimum absolute atomic E-state index is 0.882. The lowest BCUT2D eigenvalue weighted by Crippen LogP contribution is -2.31. The minimum Gasteiger partial charge on any atom is -0.337 e. The molecular formula is C12H15N5. The van der Waals surface area contributed by atoms with Crippen LogP contribution in [0, 0.1) is 0 Å². The number of rotatable bonds is 2. The Labute approximate surface area is 100 Å². The molecule has 0 N–H and O–H groups in total. The number of nitrogens with zero attached hydrogens (tertiary/aromatic N) is 5. The van der Waals surface area contributed by atoms with E-state index in [1.165, 1.54) is 5.56 Å². The zero-order valence-electron chi connectivity index (χ0n) is 9.87. The Morgan fingerprint density at radius 2 is 2.29 bits per heavy atom. The minimum atomic E-state index is 0.882. The molecule has 17 heavy (non-hydrogen) atoms. The summed E-state index contributed by atoms with van der Waals surface area (Å²) in [5.41, 5.74) is 2.43. The van der Waals surface area contributed by atoms with Crippen LogP contribution >= 0.6 is 0 Å². The van der Waals surface area contributed by atoms with E-state index in [0.717, 1.165) is 37.6 Å². The highest BCUT2D eigenvalue weighted by atomic mass is 15.2. The van der Waals surface area contributed by atoms with E-state index in [1.807, 2.05) is 25.6 Å². The molecule has 0 aromatic carbocycles. The zero-order chi connectivity index (χ0) is 11.7. The molecule has 3 heterocycles. The Morgan fingerprint density at radius 1 is 1.35 bits per heavy atom. The molecule has 0 saturated carbocycles.